The lowest BCUT2D eigenvalue weighted by atomic mass is 9.91. The molecule has 2 aromatic heterocycles. The van der Waals surface area contributed by atoms with Gasteiger partial charge in [0, 0.05) is 24.5 Å². The minimum atomic E-state index is 0.117. The quantitative estimate of drug-likeness (QED) is 0.755. The molecule has 3 aromatic rings. The highest BCUT2D eigenvalue weighted by molar-refractivity contribution is 5.82. The molecule has 1 aromatic carbocycles. The van der Waals surface area contributed by atoms with Crippen molar-refractivity contribution in [3.05, 3.63) is 57.5 Å². The number of hydrogen-bond acceptors (Lipinski definition) is 3. The van der Waals surface area contributed by atoms with Crippen molar-refractivity contribution in [2.24, 2.45) is 13.0 Å². The van der Waals surface area contributed by atoms with Crippen LogP contribution in [0.1, 0.15) is 43.4 Å². The van der Waals surface area contributed by atoms with E-state index >= 15 is 0 Å². The number of hydrogen-bond donors (Lipinski definition) is 1. The summed E-state index contributed by atoms with van der Waals surface area (Å²) in [5.74, 6) is 0.636. The standard InChI is InChI=1S/C22H28N4O/c1-15(2)12-23-13-16-8-10-17(11-9-16)26-21-20(14-24-25(21)3)18-6-4-5-7-19(18)22(26)27/h8-11,14-15,23H,4-7,12-13H2,1-3H3. The van der Waals surface area contributed by atoms with Crippen molar-refractivity contribution >= 4 is 11.0 Å². The zero-order valence-corrected chi connectivity index (χ0v) is 16.5. The highest BCUT2D eigenvalue weighted by Crippen LogP contribution is 2.27. The summed E-state index contributed by atoms with van der Waals surface area (Å²) < 4.78 is 3.67. The fraction of sp³-hybridized carbons (Fsp3) is 0.455. The molecule has 0 atom stereocenters. The van der Waals surface area contributed by atoms with E-state index in [0.717, 1.165) is 61.1 Å². The van der Waals surface area contributed by atoms with E-state index in [-0.39, 0.29) is 5.56 Å². The number of aryl methyl sites for hydroxylation is 2. The lowest BCUT2D eigenvalue weighted by Gasteiger charge is -2.19. The van der Waals surface area contributed by atoms with Gasteiger partial charge in [-0.15, -0.1) is 0 Å². The van der Waals surface area contributed by atoms with Crippen LogP contribution < -0.4 is 10.9 Å². The van der Waals surface area contributed by atoms with Gasteiger partial charge in [-0.3, -0.25) is 14.0 Å². The molecular weight excluding hydrogens is 336 g/mol. The van der Waals surface area contributed by atoms with Crippen molar-refractivity contribution in [2.75, 3.05) is 6.54 Å². The van der Waals surface area contributed by atoms with Crippen molar-refractivity contribution in [2.45, 2.75) is 46.1 Å². The Bertz CT molecular complexity index is 1010. The Labute approximate surface area is 160 Å². The molecule has 1 N–H and O–H groups in total. The summed E-state index contributed by atoms with van der Waals surface area (Å²) in [6, 6.07) is 8.32. The molecule has 0 saturated carbocycles. The first kappa shape index (κ1) is 18.0. The van der Waals surface area contributed by atoms with E-state index in [0.29, 0.717) is 5.92 Å². The monoisotopic (exact) mass is 364 g/mol. The third-order valence-corrected chi connectivity index (χ3v) is 5.45. The predicted molar refractivity (Wildman–Crippen MR) is 109 cm³/mol. The van der Waals surface area contributed by atoms with Crippen molar-refractivity contribution < 1.29 is 0 Å². The maximum Gasteiger partial charge on any atom is 0.260 e. The van der Waals surface area contributed by atoms with E-state index in [4.69, 9.17) is 0 Å². The van der Waals surface area contributed by atoms with E-state index in [2.05, 4.69) is 48.5 Å². The minimum Gasteiger partial charge on any atom is -0.312 e. The second-order valence-corrected chi connectivity index (χ2v) is 8.00. The Balaban J connectivity index is 1.76. The summed E-state index contributed by atoms with van der Waals surface area (Å²) >= 11 is 0. The van der Waals surface area contributed by atoms with Crippen LogP contribution in [0.4, 0.5) is 0 Å². The number of nitrogens with one attached hydrogen (secondary N) is 1. The van der Waals surface area contributed by atoms with E-state index in [1.807, 2.05) is 22.5 Å². The van der Waals surface area contributed by atoms with Gasteiger partial charge >= 0.3 is 0 Å². The SMILES string of the molecule is CC(C)CNCc1ccc(-n2c(=O)c3c(c4cnn(C)c42)CCCC3)cc1. The molecule has 0 spiro atoms. The van der Waals surface area contributed by atoms with E-state index in [1.165, 1.54) is 11.1 Å². The fourth-order valence-corrected chi connectivity index (χ4v) is 4.09. The molecule has 0 unspecified atom stereocenters. The van der Waals surface area contributed by atoms with Gasteiger partial charge in [0.2, 0.25) is 0 Å². The Kier molecular flexibility index (Phi) is 4.87. The number of aromatic nitrogens is 3. The van der Waals surface area contributed by atoms with Crippen LogP contribution in [0.15, 0.2) is 35.3 Å². The van der Waals surface area contributed by atoms with E-state index in [1.54, 1.807) is 0 Å². The predicted octanol–water partition coefficient (Wildman–Crippen LogP) is 3.35. The summed E-state index contributed by atoms with van der Waals surface area (Å²) in [4.78, 5) is 13.3. The smallest absolute Gasteiger partial charge is 0.260 e. The minimum absolute atomic E-state index is 0.117. The second-order valence-electron chi connectivity index (χ2n) is 8.00. The number of pyridine rings is 1. The molecular formula is C22H28N4O. The molecule has 5 heteroatoms. The summed E-state index contributed by atoms with van der Waals surface area (Å²) in [7, 11) is 1.91. The maximum atomic E-state index is 13.3. The molecule has 0 bridgehead atoms. The van der Waals surface area contributed by atoms with Crippen LogP contribution in [0.25, 0.3) is 16.7 Å². The van der Waals surface area contributed by atoms with Crippen LogP contribution >= 0.6 is 0 Å². The Hall–Kier alpha value is -2.40. The average molecular weight is 364 g/mol. The third-order valence-electron chi connectivity index (χ3n) is 5.45. The van der Waals surface area contributed by atoms with Gasteiger partial charge in [-0.1, -0.05) is 26.0 Å². The summed E-state index contributed by atoms with van der Waals surface area (Å²) in [5, 5.41) is 9.04. The van der Waals surface area contributed by atoms with Crippen LogP contribution in [0.2, 0.25) is 0 Å². The molecule has 0 saturated heterocycles. The van der Waals surface area contributed by atoms with Crippen molar-refractivity contribution in [3.63, 3.8) is 0 Å². The largest absolute Gasteiger partial charge is 0.312 e. The van der Waals surface area contributed by atoms with Crippen molar-refractivity contribution in [1.29, 1.82) is 0 Å². The first-order valence-electron chi connectivity index (χ1n) is 9.94. The number of rotatable bonds is 5. The highest BCUT2D eigenvalue weighted by Gasteiger charge is 2.22. The molecule has 0 aliphatic heterocycles. The van der Waals surface area contributed by atoms with Gasteiger partial charge in [0.1, 0.15) is 5.65 Å². The van der Waals surface area contributed by atoms with Crippen LogP contribution in [0, 0.1) is 5.92 Å². The van der Waals surface area contributed by atoms with Gasteiger partial charge in [-0.05, 0) is 61.4 Å². The van der Waals surface area contributed by atoms with Gasteiger partial charge in [0.15, 0.2) is 0 Å². The first-order chi connectivity index (χ1) is 13.1. The molecule has 142 valence electrons. The molecule has 0 fully saturated rings. The fourth-order valence-electron chi connectivity index (χ4n) is 4.09. The van der Waals surface area contributed by atoms with Crippen molar-refractivity contribution in [1.82, 2.24) is 19.7 Å². The third kappa shape index (κ3) is 3.32. The van der Waals surface area contributed by atoms with Crippen LogP contribution in [0.5, 0.6) is 0 Å². The normalized spacial score (nSPS) is 14.1. The summed E-state index contributed by atoms with van der Waals surface area (Å²) in [6.07, 6.45) is 6.01. The molecule has 2 heterocycles. The molecule has 5 nitrogen and oxygen atoms in total. The number of benzene rings is 1. The molecule has 27 heavy (non-hydrogen) atoms. The van der Waals surface area contributed by atoms with Gasteiger partial charge < -0.3 is 5.32 Å². The van der Waals surface area contributed by atoms with Crippen LogP contribution in [-0.2, 0) is 26.4 Å². The molecule has 0 radical (unpaired) electrons. The van der Waals surface area contributed by atoms with E-state index < -0.39 is 0 Å². The Morgan fingerprint density at radius 1 is 1.11 bits per heavy atom. The first-order valence-corrected chi connectivity index (χ1v) is 9.94. The average Bonchev–Trinajstić information content (AvgIpc) is 3.05. The molecule has 0 amide bonds. The molecule has 1 aliphatic rings. The van der Waals surface area contributed by atoms with Crippen LogP contribution in [0.3, 0.4) is 0 Å². The van der Waals surface area contributed by atoms with E-state index in [9.17, 15) is 4.79 Å². The van der Waals surface area contributed by atoms with Gasteiger partial charge in [0.05, 0.1) is 11.9 Å². The molecule has 4 rings (SSSR count). The van der Waals surface area contributed by atoms with Gasteiger partial charge in [-0.2, -0.15) is 5.10 Å². The lowest BCUT2D eigenvalue weighted by Crippen LogP contribution is -2.27. The topological polar surface area (TPSA) is 51.9 Å². The number of fused-ring (bicyclic) bond motifs is 3. The lowest BCUT2D eigenvalue weighted by molar-refractivity contribution is 0.552. The second kappa shape index (κ2) is 7.31. The van der Waals surface area contributed by atoms with Gasteiger partial charge in [-0.25, -0.2) is 0 Å². The zero-order valence-electron chi connectivity index (χ0n) is 16.5. The summed E-state index contributed by atoms with van der Waals surface area (Å²) in [6.45, 7) is 6.26. The van der Waals surface area contributed by atoms with Gasteiger partial charge in [0.25, 0.3) is 5.56 Å². The van der Waals surface area contributed by atoms with Crippen molar-refractivity contribution in [3.8, 4) is 5.69 Å². The summed E-state index contributed by atoms with van der Waals surface area (Å²) in [5.41, 5.74) is 5.34. The van der Waals surface area contributed by atoms with Crippen LogP contribution in [-0.4, -0.2) is 20.9 Å². The maximum absolute atomic E-state index is 13.3. The zero-order chi connectivity index (χ0) is 19.0. The Morgan fingerprint density at radius 3 is 2.52 bits per heavy atom. The molecule has 1 aliphatic carbocycles. The Morgan fingerprint density at radius 2 is 1.81 bits per heavy atom. The number of nitrogens with zero attached hydrogens (tertiary/aromatic N) is 3. The highest BCUT2D eigenvalue weighted by atomic mass is 16.1.